The molecule has 6 heteroatoms. The first-order chi connectivity index (χ1) is 11.7. The molecule has 0 saturated heterocycles. The molecular formula is C18H22N4O2. The largest absolute Gasteiger partial charge is 0.461 e. The van der Waals surface area contributed by atoms with Crippen LogP contribution in [0.15, 0.2) is 37.2 Å². The fourth-order valence-corrected chi connectivity index (χ4v) is 3.06. The summed E-state index contributed by atoms with van der Waals surface area (Å²) in [5.41, 5.74) is 3.75. The highest BCUT2D eigenvalue weighted by atomic mass is 16.5. The van der Waals surface area contributed by atoms with Crippen LogP contribution in [0.3, 0.4) is 0 Å². The Morgan fingerprint density at radius 1 is 1.42 bits per heavy atom. The molecular weight excluding hydrogens is 304 g/mol. The molecule has 3 rings (SSSR count). The Morgan fingerprint density at radius 2 is 2.21 bits per heavy atom. The van der Waals surface area contributed by atoms with E-state index in [-0.39, 0.29) is 5.97 Å². The standard InChI is InChI=1S/C18H22N4O2/c1-3-10-22-16-7-11-21(12-14-5-8-19-9-6-14)13-15(16)17(20-22)18(23)24-4-2/h3,5-6,8-9H,1,4,7,10-13H2,2H3. The smallest absolute Gasteiger partial charge is 0.359 e. The highest BCUT2D eigenvalue weighted by molar-refractivity contribution is 5.89. The molecule has 1 aliphatic rings. The van der Waals surface area contributed by atoms with Crippen molar-refractivity contribution in [2.75, 3.05) is 13.2 Å². The fraction of sp³-hybridized carbons (Fsp3) is 0.389. The van der Waals surface area contributed by atoms with Crippen LogP contribution in [-0.4, -0.2) is 38.8 Å². The van der Waals surface area contributed by atoms with E-state index in [4.69, 9.17) is 4.74 Å². The fourth-order valence-electron chi connectivity index (χ4n) is 3.06. The Hall–Kier alpha value is -2.47. The predicted octanol–water partition coefficient (Wildman–Crippen LogP) is 2.20. The summed E-state index contributed by atoms with van der Waals surface area (Å²) in [4.78, 5) is 18.6. The maximum absolute atomic E-state index is 12.2. The minimum Gasteiger partial charge on any atom is -0.461 e. The third-order valence-electron chi connectivity index (χ3n) is 4.14. The zero-order valence-electron chi connectivity index (χ0n) is 13.9. The molecule has 0 fully saturated rings. The van der Waals surface area contributed by atoms with Gasteiger partial charge in [-0.15, -0.1) is 6.58 Å². The van der Waals surface area contributed by atoms with E-state index < -0.39 is 0 Å². The van der Waals surface area contributed by atoms with Crippen LogP contribution >= 0.6 is 0 Å². The van der Waals surface area contributed by atoms with Crippen molar-refractivity contribution >= 4 is 5.97 Å². The van der Waals surface area contributed by atoms with Crippen molar-refractivity contribution in [2.24, 2.45) is 0 Å². The monoisotopic (exact) mass is 326 g/mol. The molecule has 0 radical (unpaired) electrons. The number of carbonyl (C=O) groups is 1. The minimum absolute atomic E-state index is 0.345. The van der Waals surface area contributed by atoms with Crippen LogP contribution in [0.2, 0.25) is 0 Å². The molecule has 3 heterocycles. The highest BCUT2D eigenvalue weighted by Gasteiger charge is 2.28. The lowest BCUT2D eigenvalue weighted by molar-refractivity contribution is 0.0515. The molecule has 0 aromatic carbocycles. The number of pyridine rings is 1. The summed E-state index contributed by atoms with van der Waals surface area (Å²) in [7, 11) is 0. The van der Waals surface area contributed by atoms with Crippen LogP contribution in [0.1, 0.15) is 34.2 Å². The molecule has 0 unspecified atom stereocenters. The molecule has 0 N–H and O–H groups in total. The zero-order chi connectivity index (χ0) is 16.9. The number of carbonyl (C=O) groups excluding carboxylic acids is 1. The lowest BCUT2D eigenvalue weighted by Gasteiger charge is -2.27. The third kappa shape index (κ3) is 3.38. The summed E-state index contributed by atoms with van der Waals surface area (Å²) in [5.74, 6) is -0.345. The Morgan fingerprint density at radius 3 is 2.92 bits per heavy atom. The first kappa shape index (κ1) is 16.4. The molecule has 126 valence electrons. The Kier molecular flexibility index (Phi) is 5.05. The second-order valence-corrected chi connectivity index (χ2v) is 5.78. The molecule has 24 heavy (non-hydrogen) atoms. The average molecular weight is 326 g/mol. The topological polar surface area (TPSA) is 60.3 Å². The summed E-state index contributed by atoms with van der Waals surface area (Å²) >= 11 is 0. The number of hydrogen-bond acceptors (Lipinski definition) is 5. The summed E-state index contributed by atoms with van der Waals surface area (Å²) in [6, 6.07) is 4.03. The Bertz CT molecular complexity index is 724. The Labute approximate surface area is 141 Å². The molecule has 2 aromatic heterocycles. The lowest BCUT2D eigenvalue weighted by Crippen LogP contribution is -2.31. The molecule has 0 spiro atoms. The number of esters is 1. The van der Waals surface area contributed by atoms with Gasteiger partial charge in [-0.2, -0.15) is 5.10 Å². The second-order valence-electron chi connectivity index (χ2n) is 5.78. The molecule has 0 saturated carbocycles. The minimum atomic E-state index is -0.345. The van der Waals surface area contributed by atoms with E-state index in [1.54, 1.807) is 25.4 Å². The van der Waals surface area contributed by atoms with E-state index in [9.17, 15) is 4.79 Å². The van der Waals surface area contributed by atoms with E-state index >= 15 is 0 Å². The van der Waals surface area contributed by atoms with Crippen molar-refractivity contribution in [2.45, 2.75) is 33.0 Å². The first-order valence-corrected chi connectivity index (χ1v) is 8.20. The number of rotatable bonds is 6. The number of nitrogens with zero attached hydrogens (tertiary/aromatic N) is 4. The van der Waals surface area contributed by atoms with E-state index in [0.29, 0.717) is 25.4 Å². The van der Waals surface area contributed by atoms with Crippen molar-refractivity contribution in [3.8, 4) is 0 Å². The summed E-state index contributed by atoms with van der Waals surface area (Å²) < 4.78 is 7.05. The number of allylic oxidation sites excluding steroid dienone is 1. The average Bonchev–Trinajstić information content (AvgIpc) is 2.95. The van der Waals surface area contributed by atoms with Gasteiger partial charge in [0.25, 0.3) is 0 Å². The van der Waals surface area contributed by atoms with Crippen molar-refractivity contribution in [3.05, 3.63) is 59.7 Å². The number of ether oxygens (including phenoxy) is 1. The van der Waals surface area contributed by atoms with Crippen LogP contribution in [0.25, 0.3) is 0 Å². The SMILES string of the molecule is C=CCn1nc(C(=O)OCC)c2c1CCN(Cc1ccncc1)C2. The third-order valence-corrected chi connectivity index (χ3v) is 4.14. The van der Waals surface area contributed by atoms with Crippen molar-refractivity contribution in [1.29, 1.82) is 0 Å². The zero-order valence-corrected chi connectivity index (χ0v) is 13.9. The van der Waals surface area contributed by atoms with Crippen molar-refractivity contribution < 1.29 is 9.53 Å². The van der Waals surface area contributed by atoms with Crippen LogP contribution in [0.5, 0.6) is 0 Å². The van der Waals surface area contributed by atoms with Gasteiger partial charge in [0, 0.05) is 49.7 Å². The van der Waals surface area contributed by atoms with E-state index in [1.807, 2.05) is 16.8 Å². The van der Waals surface area contributed by atoms with Gasteiger partial charge < -0.3 is 4.74 Å². The van der Waals surface area contributed by atoms with E-state index in [0.717, 1.165) is 30.8 Å². The first-order valence-electron chi connectivity index (χ1n) is 8.20. The van der Waals surface area contributed by atoms with Gasteiger partial charge in [-0.25, -0.2) is 4.79 Å². The van der Waals surface area contributed by atoms with Gasteiger partial charge in [0.1, 0.15) is 0 Å². The molecule has 0 aliphatic carbocycles. The van der Waals surface area contributed by atoms with Crippen molar-refractivity contribution in [3.63, 3.8) is 0 Å². The second kappa shape index (κ2) is 7.40. The van der Waals surface area contributed by atoms with E-state index in [1.165, 1.54) is 5.56 Å². The lowest BCUT2D eigenvalue weighted by atomic mass is 10.0. The van der Waals surface area contributed by atoms with Crippen LogP contribution in [0, 0.1) is 0 Å². The number of aromatic nitrogens is 3. The molecule has 1 aliphatic heterocycles. The van der Waals surface area contributed by atoms with Gasteiger partial charge in [-0.3, -0.25) is 14.6 Å². The molecule has 2 aromatic rings. The van der Waals surface area contributed by atoms with Gasteiger partial charge in [-0.1, -0.05) is 6.08 Å². The number of hydrogen-bond donors (Lipinski definition) is 0. The number of fused-ring (bicyclic) bond motifs is 1. The van der Waals surface area contributed by atoms with Gasteiger partial charge >= 0.3 is 5.97 Å². The normalized spacial score (nSPS) is 14.2. The van der Waals surface area contributed by atoms with Crippen molar-refractivity contribution in [1.82, 2.24) is 19.7 Å². The summed E-state index contributed by atoms with van der Waals surface area (Å²) in [6.07, 6.45) is 6.26. The quantitative estimate of drug-likeness (QED) is 0.601. The van der Waals surface area contributed by atoms with Gasteiger partial charge in [0.15, 0.2) is 5.69 Å². The van der Waals surface area contributed by atoms with E-state index in [2.05, 4.69) is 21.6 Å². The maximum Gasteiger partial charge on any atom is 0.359 e. The maximum atomic E-state index is 12.2. The van der Waals surface area contributed by atoms with Gasteiger partial charge in [-0.05, 0) is 24.6 Å². The van der Waals surface area contributed by atoms with Crippen LogP contribution in [-0.2, 0) is 30.8 Å². The van der Waals surface area contributed by atoms with Crippen LogP contribution in [0.4, 0.5) is 0 Å². The molecule has 0 amide bonds. The van der Waals surface area contributed by atoms with Gasteiger partial charge in [0.2, 0.25) is 0 Å². The van der Waals surface area contributed by atoms with Gasteiger partial charge in [0.05, 0.1) is 13.2 Å². The Balaban J connectivity index is 1.85. The molecule has 0 atom stereocenters. The summed E-state index contributed by atoms with van der Waals surface area (Å²) in [5, 5.41) is 4.48. The molecule has 0 bridgehead atoms. The van der Waals surface area contributed by atoms with Crippen LogP contribution < -0.4 is 0 Å². The highest BCUT2D eigenvalue weighted by Crippen LogP contribution is 2.24. The predicted molar refractivity (Wildman–Crippen MR) is 90.4 cm³/mol. The molecule has 6 nitrogen and oxygen atoms in total. The summed E-state index contributed by atoms with van der Waals surface area (Å²) in [6.45, 7) is 8.99.